The van der Waals surface area contributed by atoms with Gasteiger partial charge in [-0.3, -0.25) is 14.4 Å². The van der Waals surface area contributed by atoms with Crippen molar-refractivity contribution in [3.63, 3.8) is 0 Å². The Balaban J connectivity index is 2.93. The van der Waals surface area contributed by atoms with Gasteiger partial charge in [0, 0.05) is 6.07 Å². The average Bonchev–Trinajstić information content (AvgIpc) is 2.40. The smallest absolute Gasteiger partial charge is 0.313 e. The molecule has 0 radical (unpaired) electrons. The molecule has 0 atom stereocenters. The van der Waals surface area contributed by atoms with Crippen LogP contribution in [0.2, 0.25) is 0 Å². The van der Waals surface area contributed by atoms with Crippen molar-refractivity contribution in [1.29, 1.82) is 0 Å². The summed E-state index contributed by atoms with van der Waals surface area (Å²) in [6, 6.07) is 1.16. The summed E-state index contributed by atoms with van der Waals surface area (Å²) in [5.74, 6) is -1.73. The first-order valence-corrected chi connectivity index (χ1v) is 5.94. The zero-order valence-corrected chi connectivity index (χ0v) is 10.9. The van der Waals surface area contributed by atoms with Crippen LogP contribution in [-0.4, -0.2) is 25.5 Å². The Bertz CT molecular complexity index is 502. The van der Waals surface area contributed by atoms with Crippen molar-refractivity contribution in [3.8, 4) is 5.75 Å². The lowest BCUT2D eigenvalue weighted by molar-refractivity contribution is -0.139. The molecule has 0 saturated heterocycles. The number of hydrogen-bond acceptors (Lipinski definition) is 6. The van der Waals surface area contributed by atoms with Gasteiger partial charge in [0.1, 0.15) is 6.42 Å². The number of Topliss-reactive ketones (excluding diaryl/α,β-unsaturated/α-hetero) is 1. The van der Waals surface area contributed by atoms with Crippen LogP contribution in [-0.2, 0) is 9.53 Å². The van der Waals surface area contributed by atoms with E-state index in [0.29, 0.717) is 6.61 Å². The number of carbonyl (C=O) groups excluding carboxylic acids is 2. The lowest BCUT2D eigenvalue weighted by Crippen LogP contribution is -2.16. The predicted molar refractivity (Wildman–Crippen MR) is 66.3 cm³/mol. The molecule has 0 fully saturated rings. The van der Waals surface area contributed by atoms with Crippen molar-refractivity contribution in [2.75, 3.05) is 13.7 Å². The first-order valence-electron chi connectivity index (χ1n) is 5.94. The van der Waals surface area contributed by atoms with Gasteiger partial charge in [0.25, 0.3) is 0 Å². The van der Waals surface area contributed by atoms with Crippen molar-refractivity contribution in [2.45, 2.75) is 26.2 Å². The second-order valence-electron chi connectivity index (χ2n) is 3.82. The first-order chi connectivity index (χ1) is 9.10. The molecule has 0 unspecified atom stereocenters. The van der Waals surface area contributed by atoms with E-state index in [2.05, 4.69) is 4.74 Å². The Hall–Kier alpha value is -2.11. The summed E-state index contributed by atoms with van der Waals surface area (Å²) < 4.78 is 14.7. The summed E-state index contributed by atoms with van der Waals surface area (Å²) >= 11 is 0. The summed E-state index contributed by atoms with van der Waals surface area (Å²) in [7, 11) is 1.18. The fraction of sp³-hybridized carbons (Fsp3) is 0.462. The highest BCUT2D eigenvalue weighted by atomic mass is 16.5. The van der Waals surface area contributed by atoms with Gasteiger partial charge in [0.2, 0.25) is 22.7 Å². The van der Waals surface area contributed by atoms with Gasteiger partial charge in [0.15, 0.2) is 0 Å². The SMILES string of the molecule is CCCCOc1c(C(=O)CC(=O)OC)occc1=O. The highest BCUT2D eigenvalue weighted by molar-refractivity contribution is 6.05. The van der Waals surface area contributed by atoms with Crippen LogP contribution in [0.4, 0.5) is 0 Å². The molecular weight excluding hydrogens is 252 g/mol. The molecule has 19 heavy (non-hydrogen) atoms. The Morgan fingerprint density at radius 1 is 1.37 bits per heavy atom. The van der Waals surface area contributed by atoms with Gasteiger partial charge in [-0.1, -0.05) is 13.3 Å². The van der Waals surface area contributed by atoms with E-state index < -0.39 is 23.6 Å². The molecule has 1 aromatic rings. The highest BCUT2D eigenvalue weighted by Crippen LogP contribution is 2.15. The van der Waals surface area contributed by atoms with Gasteiger partial charge in [-0.25, -0.2) is 0 Å². The maximum Gasteiger partial charge on any atom is 0.313 e. The second kappa shape index (κ2) is 7.35. The van der Waals surface area contributed by atoms with Crippen molar-refractivity contribution in [3.05, 3.63) is 28.3 Å². The molecule has 1 rings (SSSR count). The molecule has 0 saturated carbocycles. The van der Waals surface area contributed by atoms with Crippen LogP contribution in [0.3, 0.4) is 0 Å². The number of methoxy groups -OCH3 is 1. The number of hydrogen-bond donors (Lipinski definition) is 0. The van der Waals surface area contributed by atoms with E-state index in [1.54, 1.807) is 0 Å². The number of unbranched alkanes of at least 4 members (excludes halogenated alkanes) is 1. The molecular formula is C13H16O6. The van der Waals surface area contributed by atoms with Gasteiger partial charge < -0.3 is 13.9 Å². The maximum absolute atomic E-state index is 11.8. The summed E-state index contributed by atoms with van der Waals surface area (Å²) in [6.45, 7) is 2.28. The van der Waals surface area contributed by atoms with E-state index in [1.807, 2.05) is 6.92 Å². The van der Waals surface area contributed by atoms with Gasteiger partial charge in [0.05, 0.1) is 20.0 Å². The average molecular weight is 268 g/mol. The largest absolute Gasteiger partial charge is 0.486 e. The van der Waals surface area contributed by atoms with Crippen LogP contribution in [0.1, 0.15) is 36.7 Å². The molecule has 0 spiro atoms. The maximum atomic E-state index is 11.8. The van der Waals surface area contributed by atoms with E-state index in [1.165, 1.54) is 7.11 Å². The molecule has 0 aliphatic heterocycles. The number of ketones is 1. The predicted octanol–water partition coefficient (Wildman–Crippen LogP) is 1.56. The fourth-order valence-electron chi connectivity index (χ4n) is 1.34. The lowest BCUT2D eigenvalue weighted by Gasteiger charge is -2.07. The van der Waals surface area contributed by atoms with Crippen LogP contribution >= 0.6 is 0 Å². The van der Waals surface area contributed by atoms with Gasteiger partial charge in [-0.05, 0) is 6.42 Å². The Labute approximate surface area is 110 Å². The third-order valence-electron chi connectivity index (χ3n) is 2.37. The number of carbonyl (C=O) groups is 2. The topological polar surface area (TPSA) is 82.8 Å². The molecule has 0 aliphatic rings. The summed E-state index contributed by atoms with van der Waals surface area (Å²) in [5.41, 5.74) is -0.449. The lowest BCUT2D eigenvalue weighted by atomic mass is 10.2. The molecule has 1 aromatic heterocycles. The van der Waals surface area contributed by atoms with E-state index in [4.69, 9.17) is 9.15 Å². The molecule has 1 heterocycles. The zero-order chi connectivity index (χ0) is 14.3. The summed E-state index contributed by atoms with van der Waals surface area (Å²) in [5, 5.41) is 0. The molecule has 0 amide bonds. The van der Waals surface area contributed by atoms with Crippen molar-refractivity contribution in [1.82, 2.24) is 0 Å². The third-order valence-corrected chi connectivity index (χ3v) is 2.37. The van der Waals surface area contributed by atoms with Crippen molar-refractivity contribution in [2.24, 2.45) is 0 Å². The third kappa shape index (κ3) is 4.24. The first kappa shape index (κ1) is 14.9. The minimum atomic E-state index is -0.698. The Morgan fingerprint density at radius 3 is 2.74 bits per heavy atom. The monoisotopic (exact) mass is 268 g/mol. The normalized spacial score (nSPS) is 10.0. The Kier molecular flexibility index (Phi) is 5.78. The molecule has 0 bridgehead atoms. The second-order valence-corrected chi connectivity index (χ2v) is 3.82. The molecule has 0 aromatic carbocycles. The molecule has 0 aliphatic carbocycles. The summed E-state index contributed by atoms with van der Waals surface area (Å²) in [4.78, 5) is 34.5. The zero-order valence-electron chi connectivity index (χ0n) is 10.9. The highest BCUT2D eigenvalue weighted by Gasteiger charge is 2.21. The van der Waals surface area contributed by atoms with Crippen LogP contribution in [0, 0.1) is 0 Å². The molecule has 104 valence electrons. The van der Waals surface area contributed by atoms with Crippen LogP contribution in [0.25, 0.3) is 0 Å². The van der Waals surface area contributed by atoms with Crippen LogP contribution in [0.5, 0.6) is 5.75 Å². The van der Waals surface area contributed by atoms with E-state index >= 15 is 0 Å². The molecule has 0 N–H and O–H groups in total. The number of esters is 1. The quantitative estimate of drug-likeness (QED) is 0.323. The number of rotatable bonds is 7. The number of ether oxygens (including phenoxy) is 2. The van der Waals surface area contributed by atoms with Crippen LogP contribution in [0.15, 0.2) is 21.5 Å². The minimum Gasteiger partial charge on any atom is -0.486 e. The van der Waals surface area contributed by atoms with Crippen molar-refractivity contribution < 1.29 is 23.5 Å². The van der Waals surface area contributed by atoms with Gasteiger partial charge in [-0.15, -0.1) is 0 Å². The van der Waals surface area contributed by atoms with E-state index in [-0.39, 0.29) is 11.5 Å². The van der Waals surface area contributed by atoms with Crippen LogP contribution < -0.4 is 10.2 Å². The minimum absolute atomic E-state index is 0.148. The standard InChI is InChI=1S/C13H16O6/c1-3-4-6-18-12-9(14)5-7-19-13(12)10(15)8-11(16)17-2/h5,7H,3-4,6,8H2,1-2H3. The van der Waals surface area contributed by atoms with E-state index in [0.717, 1.165) is 25.2 Å². The van der Waals surface area contributed by atoms with E-state index in [9.17, 15) is 14.4 Å². The van der Waals surface area contributed by atoms with Gasteiger partial charge in [-0.2, -0.15) is 0 Å². The van der Waals surface area contributed by atoms with Crippen molar-refractivity contribution >= 4 is 11.8 Å². The molecule has 6 nitrogen and oxygen atoms in total. The van der Waals surface area contributed by atoms with Gasteiger partial charge >= 0.3 is 5.97 Å². The summed E-state index contributed by atoms with van der Waals surface area (Å²) in [6.07, 6.45) is 2.25. The Morgan fingerprint density at radius 2 is 2.11 bits per heavy atom. The molecule has 6 heteroatoms. The fourth-order valence-corrected chi connectivity index (χ4v) is 1.34.